The van der Waals surface area contributed by atoms with Crippen LogP contribution in [0, 0.1) is 5.82 Å². The number of aliphatic carboxylic acids is 1. The highest BCUT2D eigenvalue weighted by molar-refractivity contribution is 5.75. The van der Waals surface area contributed by atoms with Crippen LogP contribution in [0.3, 0.4) is 0 Å². The summed E-state index contributed by atoms with van der Waals surface area (Å²) in [5.74, 6) is -1.58. The highest BCUT2D eigenvalue weighted by Gasteiger charge is 2.26. The van der Waals surface area contributed by atoms with Gasteiger partial charge in [-0.15, -0.1) is 0 Å². The number of hydrazine groups is 1. The molecule has 1 aromatic carbocycles. The second kappa shape index (κ2) is 6.10. The van der Waals surface area contributed by atoms with E-state index in [1.54, 1.807) is 12.1 Å². The molecule has 0 aromatic heterocycles. The Morgan fingerprint density at radius 3 is 2.53 bits per heavy atom. The SMILES string of the molecule is CN1CCN(NC(C(=O)O)c2ccccc2F)CC1. The van der Waals surface area contributed by atoms with Gasteiger partial charge in [0, 0.05) is 31.7 Å². The van der Waals surface area contributed by atoms with Crippen LogP contribution in [0.15, 0.2) is 24.3 Å². The summed E-state index contributed by atoms with van der Waals surface area (Å²) in [7, 11) is 2.02. The topological polar surface area (TPSA) is 55.8 Å². The minimum Gasteiger partial charge on any atom is -0.480 e. The summed E-state index contributed by atoms with van der Waals surface area (Å²) in [6.45, 7) is 3.15. The molecule has 0 amide bonds. The smallest absolute Gasteiger partial charge is 0.326 e. The van der Waals surface area contributed by atoms with Crippen molar-refractivity contribution in [2.45, 2.75) is 6.04 Å². The third kappa shape index (κ3) is 3.50. The summed E-state index contributed by atoms with van der Waals surface area (Å²) in [5, 5.41) is 11.1. The lowest BCUT2D eigenvalue weighted by Gasteiger charge is -2.34. The standard InChI is InChI=1S/C13H18FN3O2/c1-16-6-8-17(9-7-16)15-12(13(18)19)10-4-2-3-5-11(10)14/h2-5,12,15H,6-9H2,1H3,(H,18,19). The number of hydrogen-bond acceptors (Lipinski definition) is 4. The molecule has 2 rings (SSSR count). The Balaban J connectivity index is 2.09. The number of nitrogens with one attached hydrogen (secondary N) is 1. The van der Waals surface area contributed by atoms with Gasteiger partial charge in [-0.1, -0.05) is 18.2 Å². The molecule has 1 saturated heterocycles. The molecule has 1 aliphatic heterocycles. The van der Waals surface area contributed by atoms with E-state index in [4.69, 9.17) is 0 Å². The minimum atomic E-state index is -1.08. The van der Waals surface area contributed by atoms with Crippen LogP contribution in [0.1, 0.15) is 11.6 Å². The fraction of sp³-hybridized carbons (Fsp3) is 0.462. The van der Waals surface area contributed by atoms with E-state index in [0.29, 0.717) is 13.1 Å². The molecular weight excluding hydrogens is 249 g/mol. The van der Waals surface area contributed by atoms with E-state index in [2.05, 4.69) is 10.3 Å². The third-order valence-electron chi connectivity index (χ3n) is 3.28. The third-order valence-corrected chi connectivity index (χ3v) is 3.28. The number of carboxylic acids is 1. The van der Waals surface area contributed by atoms with Gasteiger partial charge in [0.15, 0.2) is 0 Å². The maximum atomic E-state index is 13.7. The molecule has 1 aliphatic rings. The van der Waals surface area contributed by atoms with Crippen molar-refractivity contribution in [3.05, 3.63) is 35.6 Å². The van der Waals surface area contributed by atoms with Gasteiger partial charge in [0.05, 0.1) is 0 Å². The first-order valence-corrected chi connectivity index (χ1v) is 6.25. The van der Waals surface area contributed by atoms with Crippen molar-refractivity contribution >= 4 is 5.97 Å². The van der Waals surface area contributed by atoms with Crippen molar-refractivity contribution in [3.8, 4) is 0 Å². The van der Waals surface area contributed by atoms with Gasteiger partial charge >= 0.3 is 5.97 Å². The number of carbonyl (C=O) groups is 1. The summed E-state index contributed by atoms with van der Waals surface area (Å²) in [6.07, 6.45) is 0. The fourth-order valence-electron chi connectivity index (χ4n) is 2.09. The Labute approximate surface area is 111 Å². The molecule has 0 spiro atoms. The van der Waals surface area contributed by atoms with Crippen molar-refractivity contribution < 1.29 is 14.3 Å². The molecule has 1 aromatic rings. The number of likely N-dealkylation sites (N-methyl/N-ethyl adjacent to an activating group) is 1. The first kappa shape index (κ1) is 13.9. The van der Waals surface area contributed by atoms with E-state index >= 15 is 0 Å². The number of nitrogens with zero attached hydrogens (tertiary/aromatic N) is 2. The molecular formula is C13H18FN3O2. The van der Waals surface area contributed by atoms with Gasteiger partial charge < -0.3 is 10.0 Å². The lowest BCUT2D eigenvalue weighted by atomic mass is 10.1. The van der Waals surface area contributed by atoms with E-state index in [1.807, 2.05) is 12.1 Å². The second-order valence-corrected chi connectivity index (χ2v) is 4.71. The Hall–Kier alpha value is -1.50. The summed E-state index contributed by atoms with van der Waals surface area (Å²) < 4.78 is 13.7. The molecule has 2 N–H and O–H groups in total. The molecule has 0 radical (unpaired) electrons. The Kier molecular flexibility index (Phi) is 4.47. The largest absolute Gasteiger partial charge is 0.480 e. The molecule has 5 nitrogen and oxygen atoms in total. The first-order chi connectivity index (χ1) is 9.08. The number of piperazine rings is 1. The van der Waals surface area contributed by atoms with Crippen LogP contribution in [0.5, 0.6) is 0 Å². The summed E-state index contributed by atoms with van der Waals surface area (Å²) in [5.41, 5.74) is 3.06. The zero-order valence-electron chi connectivity index (χ0n) is 10.8. The molecule has 1 heterocycles. The second-order valence-electron chi connectivity index (χ2n) is 4.71. The van der Waals surface area contributed by atoms with Crippen molar-refractivity contribution in [3.63, 3.8) is 0 Å². The predicted octanol–water partition coefficient (Wildman–Crippen LogP) is 0.703. The highest BCUT2D eigenvalue weighted by atomic mass is 19.1. The molecule has 1 fully saturated rings. The Morgan fingerprint density at radius 1 is 1.32 bits per heavy atom. The molecule has 1 atom stereocenters. The lowest BCUT2D eigenvalue weighted by molar-refractivity contribution is -0.141. The van der Waals surface area contributed by atoms with Crippen molar-refractivity contribution in [2.24, 2.45) is 0 Å². The van der Waals surface area contributed by atoms with E-state index in [1.165, 1.54) is 12.1 Å². The van der Waals surface area contributed by atoms with Crippen LogP contribution >= 0.6 is 0 Å². The Morgan fingerprint density at radius 2 is 1.95 bits per heavy atom. The average Bonchev–Trinajstić information content (AvgIpc) is 2.39. The van der Waals surface area contributed by atoms with Gasteiger partial charge in [-0.05, 0) is 13.1 Å². The predicted molar refractivity (Wildman–Crippen MR) is 69.0 cm³/mol. The summed E-state index contributed by atoms with van der Waals surface area (Å²) in [4.78, 5) is 13.5. The Bertz CT molecular complexity index is 447. The lowest BCUT2D eigenvalue weighted by Crippen LogP contribution is -2.52. The molecule has 19 heavy (non-hydrogen) atoms. The van der Waals surface area contributed by atoms with Gasteiger partial charge in [0.1, 0.15) is 11.9 Å². The van der Waals surface area contributed by atoms with Crippen LogP contribution < -0.4 is 5.43 Å². The number of carboxylic acid groups (broad SMARTS) is 1. The highest BCUT2D eigenvalue weighted by Crippen LogP contribution is 2.18. The molecule has 1 unspecified atom stereocenters. The minimum absolute atomic E-state index is 0.161. The number of halogens is 1. The van der Waals surface area contributed by atoms with Crippen LogP contribution in [0.2, 0.25) is 0 Å². The van der Waals surface area contributed by atoms with Crippen molar-refractivity contribution in [1.29, 1.82) is 0 Å². The normalized spacial score (nSPS) is 19.3. The molecule has 6 heteroatoms. The van der Waals surface area contributed by atoms with Crippen LogP contribution in [-0.4, -0.2) is 54.2 Å². The fourth-order valence-corrected chi connectivity index (χ4v) is 2.09. The van der Waals surface area contributed by atoms with Crippen molar-refractivity contribution in [1.82, 2.24) is 15.3 Å². The van der Waals surface area contributed by atoms with Crippen LogP contribution in [-0.2, 0) is 4.79 Å². The summed E-state index contributed by atoms with van der Waals surface area (Å²) >= 11 is 0. The maximum absolute atomic E-state index is 13.7. The van der Waals surface area contributed by atoms with E-state index in [9.17, 15) is 14.3 Å². The van der Waals surface area contributed by atoms with Crippen LogP contribution in [0.25, 0.3) is 0 Å². The average molecular weight is 267 g/mol. The van der Waals surface area contributed by atoms with Gasteiger partial charge in [-0.3, -0.25) is 4.79 Å². The van der Waals surface area contributed by atoms with Crippen LogP contribution in [0.4, 0.5) is 4.39 Å². The maximum Gasteiger partial charge on any atom is 0.326 e. The number of benzene rings is 1. The molecule has 0 bridgehead atoms. The number of hydrogen-bond donors (Lipinski definition) is 2. The van der Waals surface area contributed by atoms with Gasteiger partial charge in [0.2, 0.25) is 0 Å². The quantitative estimate of drug-likeness (QED) is 0.841. The molecule has 104 valence electrons. The van der Waals surface area contributed by atoms with Gasteiger partial charge in [0.25, 0.3) is 0 Å². The van der Waals surface area contributed by atoms with E-state index < -0.39 is 17.8 Å². The molecule has 0 saturated carbocycles. The first-order valence-electron chi connectivity index (χ1n) is 6.25. The van der Waals surface area contributed by atoms with Gasteiger partial charge in [-0.25, -0.2) is 14.8 Å². The number of rotatable bonds is 4. The van der Waals surface area contributed by atoms with Crippen molar-refractivity contribution in [2.75, 3.05) is 33.2 Å². The zero-order chi connectivity index (χ0) is 13.8. The summed E-state index contributed by atoms with van der Waals surface area (Å²) in [6, 6.07) is 4.91. The van der Waals surface area contributed by atoms with Gasteiger partial charge in [-0.2, -0.15) is 0 Å². The van der Waals surface area contributed by atoms with E-state index in [0.717, 1.165) is 13.1 Å². The zero-order valence-corrected chi connectivity index (χ0v) is 10.8. The molecule has 0 aliphatic carbocycles. The monoisotopic (exact) mass is 267 g/mol. The van der Waals surface area contributed by atoms with E-state index in [-0.39, 0.29) is 5.56 Å².